The van der Waals surface area contributed by atoms with Gasteiger partial charge in [0.15, 0.2) is 0 Å². The normalized spacial score (nSPS) is 19.8. The van der Waals surface area contributed by atoms with Crippen molar-refractivity contribution in [3.8, 4) is 0 Å². The van der Waals surface area contributed by atoms with E-state index >= 15 is 0 Å². The Balaban J connectivity index is 1.65. The highest BCUT2D eigenvalue weighted by molar-refractivity contribution is 6.05. The molecule has 0 bridgehead atoms. The van der Waals surface area contributed by atoms with Crippen molar-refractivity contribution in [1.82, 2.24) is 10.3 Å². The van der Waals surface area contributed by atoms with Crippen molar-refractivity contribution in [3.63, 3.8) is 0 Å². The number of hydrogen-bond donors (Lipinski definition) is 1. The van der Waals surface area contributed by atoms with Crippen molar-refractivity contribution in [2.45, 2.75) is 25.5 Å². The van der Waals surface area contributed by atoms with Gasteiger partial charge in [-0.05, 0) is 24.6 Å². The third-order valence-corrected chi connectivity index (χ3v) is 3.70. The van der Waals surface area contributed by atoms with Crippen molar-refractivity contribution in [2.24, 2.45) is 5.16 Å². The fraction of sp³-hybridized carbons (Fsp3) is 0.235. The topological polar surface area (TPSA) is 63.6 Å². The first-order chi connectivity index (χ1) is 11.1. The van der Waals surface area contributed by atoms with Crippen molar-refractivity contribution < 1.29 is 14.0 Å². The third kappa shape index (κ3) is 3.21. The lowest BCUT2D eigenvalue weighted by Gasteiger charge is -2.20. The number of rotatable bonds is 4. The van der Waals surface area contributed by atoms with Gasteiger partial charge in [0, 0.05) is 30.9 Å². The van der Waals surface area contributed by atoms with E-state index in [1.54, 1.807) is 43.6 Å². The van der Waals surface area contributed by atoms with Crippen molar-refractivity contribution in [2.75, 3.05) is 0 Å². The molecule has 5 nitrogen and oxygen atoms in total. The predicted octanol–water partition coefficient (Wildman–Crippen LogP) is 2.42. The van der Waals surface area contributed by atoms with Gasteiger partial charge in [-0.2, -0.15) is 0 Å². The number of benzene rings is 1. The Labute approximate surface area is 133 Å². The number of aromatic nitrogens is 1. The fourth-order valence-electron chi connectivity index (χ4n) is 2.37. The Morgan fingerprint density at radius 1 is 1.35 bits per heavy atom. The van der Waals surface area contributed by atoms with Gasteiger partial charge in [-0.25, -0.2) is 4.39 Å². The minimum atomic E-state index is -1.14. The zero-order chi connectivity index (χ0) is 16.3. The van der Waals surface area contributed by atoms with Crippen LogP contribution in [0.5, 0.6) is 0 Å². The zero-order valence-corrected chi connectivity index (χ0v) is 12.6. The summed E-state index contributed by atoms with van der Waals surface area (Å²) in [7, 11) is 0. The van der Waals surface area contributed by atoms with Gasteiger partial charge >= 0.3 is 0 Å². The third-order valence-electron chi connectivity index (χ3n) is 3.70. The number of halogens is 1. The number of carbonyl (C=O) groups excluding carboxylic acids is 1. The maximum Gasteiger partial charge on any atom is 0.267 e. The van der Waals surface area contributed by atoms with Gasteiger partial charge in [0.2, 0.25) is 5.60 Å². The van der Waals surface area contributed by atoms with Crippen LogP contribution in [0.15, 0.2) is 53.9 Å². The van der Waals surface area contributed by atoms with E-state index in [-0.39, 0.29) is 18.1 Å². The number of amides is 1. The van der Waals surface area contributed by atoms with E-state index in [9.17, 15) is 9.18 Å². The van der Waals surface area contributed by atoms with Crippen LogP contribution in [-0.4, -0.2) is 22.2 Å². The molecule has 23 heavy (non-hydrogen) atoms. The van der Waals surface area contributed by atoms with Gasteiger partial charge in [-0.1, -0.05) is 29.4 Å². The Hall–Kier alpha value is -2.76. The molecule has 1 aliphatic rings. The molecule has 1 aromatic carbocycles. The quantitative estimate of drug-likeness (QED) is 0.943. The second kappa shape index (κ2) is 6.16. The first-order valence-corrected chi connectivity index (χ1v) is 7.26. The number of hydrogen-bond acceptors (Lipinski definition) is 4. The molecule has 0 fully saturated rings. The Morgan fingerprint density at radius 2 is 2.17 bits per heavy atom. The van der Waals surface area contributed by atoms with Crippen LogP contribution in [0.4, 0.5) is 4.39 Å². The molecular weight excluding hydrogens is 297 g/mol. The molecule has 0 saturated heterocycles. The van der Waals surface area contributed by atoms with Crippen LogP contribution in [0.3, 0.4) is 0 Å². The summed E-state index contributed by atoms with van der Waals surface area (Å²) in [6, 6.07) is 9.97. The van der Waals surface area contributed by atoms with Crippen molar-refractivity contribution in [1.29, 1.82) is 0 Å². The molecule has 0 aliphatic carbocycles. The highest BCUT2D eigenvalue weighted by atomic mass is 19.1. The second-order valence-corrected chi connectivity index (χ2v) is 5.56. The minimum absolute atomic E-state index is 0.215. The average molecular weight is 313 g/mol. The fourth-order valence-corrected chi connectivity index (χ4v) is 2.37. The van der Waals surface area contributed by atoms with Gasteiger partial charge in [-0.15, -0.1) is 0 Å². The molecular formula is C17H16FN3O2. The first kappa shape index (κ1) is 15.1. The van der Waals surface area contributed by atoms with E-state index in [2.05, 4.69) is 15.5 Å². The summed E-state index contributed by atoms with van der Waals surface area (Å²) in [6.07, 6.45) is 3.56. The van der Waals surface area contributed by atoms with Gasteiger partial charge in [0.1, 0.15) is 5.82 Å². The molecule has 2 aromatic rings. The van der Waals surface area contributed by atoms with Crippen LogP contribution in [-0.2, 0) is 16.2 Å². The molecule has 0 spiro atoms. The van der Waals surface area contributed by atoms with Crippen LogP contribution < -0.4 is 5.32 Å². The average Bonchev–Trinajstić information content (AvgIpc) is 2.97. The van der Waals surface area contributed by atoms with Gasteiger partial charge in [-0.3, -0.25) is 9.78 Å². The first-order valence-electron chi connectivity index (χ1n) is 7.26. The Bertz CT molecular complexity index is 749. The summed E-state index contributed by atoms with van der Waals surface area (Å²) >= 11 is 0. The van der Waals surface area contributed by atoms with Crippen LogP contribution >= 0.6 is 0 Å². The highest BCUT2D eigenvalue weighted by Crippen LogP contribution is 2.27. The van der Waals surface area contributed by atoms with Crippen molar-refractivity contribution >= 4 is 11.6 Å². The van der Waals surface area contributed by atoms with Crippen LogP contribution in [0.2, 0.25) is 0 Å². The number of pyridine rings is 1. The largest absolute Gasteiger partial charge is 0.379 e. The van der Waals surface area contributed by atoms with Crippen LogP contribution in [0.25, 0.3) is 0 Å². The number of nitrogens with one attached hydrogen (secondary N) is 1. The number of nitrogens with zero attached hydrogens (tertiary/aromatic N) is 2. The Kier molecular flexibility index (Phi) is 4.06. The summed E-state index contributed by atoms with van der Waals surface area (Å²) < 4.78 is 13.8. The molecule has 0 saturated carbocycles. The molecule has 118 valence electrons. The number of oxime groups is 1. The standard InChI is InChI=1S/C17H16FN3O2/c1-17(16(22)20-11-12-5-4-8-19-10-12)9-15(21-23-17)13-6-2-3-7-14(13)18/h2-8,10H,9,11H2,1H3,(H,20,22). The Morgan fingerprint density at radius 3 is 2.91 bits per heavy atom. The summed E-state index contributed by atoms with van der Waals surface area (Å²) in [6.45, 7) is 1.99. The van der Waals surface area contributed by atoms with Crippen molar-refractivity contribution in [3.05, 3.63) is 65.7 Å². The molecule has 2 heterocycles. The smallest absolute Gasteiger partial charge is 0.267 e. The summed E-state index contributed by atoms with van der Waals surface area (Å²) in [4.78, 5) is 21.7. The molecule has 1 aliphatic heterocycles. The predicted molar refractivity (Wildman–Crippen MR) is 83.1 cm³/mol. The molecule has 1 atom stereocenters. The molecule has 1 N–H and O–H groups in total. The maximum absolute atomic E-state index is 13.8. The van der Waals surface area contributed by atoms with E-state index in [1.165, 1.54) is 6.07 Å². The van der Waals surface area contributed by atoms with E-state index in [1.807, 2.05) is 6.07 Å². The molecule has 1 aromatic heterocycles. The summed E-state index contributed by atoms with van der Waals surface area (Å²) in [5, 5.41) is 6.70. The van der Waals surface area contributed by atoms with E-state index in [4.69, 9.17) is 4.84 Å². The molecule has 1 amide bonds. The highest BCUT2D eigenvalue weighted by Gasteiger charge is 2.42. The minimum Gasteiger partial charge on any atom is -0.379 e. The molecule has 0 radical (unpaired) electrons. The zero-order valence-electron chi connectivity index (χ0n) is 12.6. The lowest BCUT2D eigenvalue weighted by Crippen LogP contribution is -2.44. The van der Waals surface area contributed by atoms with Gasteiger partial charge in [0.25, 0.3) is 5.91 Å². The second-order valence-electron chi connectivity index (χ2n) is 5.56. The lowest BCUT2D eigenvalue weighted by molar-refractivity contribution is -0.141. The lowest BCUT2D eigenvalue weighted by atomic mass is 9.95. The maximum atomic E-state index is 13.8. The summed E-state index contributed by atoms with van der Waals surface area (Å²) in [5.41, 5.74) is 0.538. The molecule has 1 unspecified atom stereocenters. The monoisotopic (exact) mass is 313 g/mol. The number of carbonyl (C=O) groups is 1. The van der Waals surface area contributed by atoms with E-state index in [0.29, 0.717) is 17.8 Å². The van der Waals surface area contributed by atoms with Crippen LogP contribution in [0, 0.1) is 5.82 Å². The van der Waals surface area contributed by atoms with Gasteiger partial charge < -0.3 is 10.2 Å². The SMILES string of the molecule is CC1(C(=O)NCc2cccnc2)CC(c2ccccc2F)=NO1. The molecule has 6 heteroatoms. The van der Waals surface area contributed by atoms with Gasteiger partial charge in [0.05, 0.1) is 5.71 Å². The van der Waals surface area contributed by atoms with Crippen LogP contribution in [0.1, 0.15) is 24.5 Å². The van der Waals surface area contributed by atoms with E-state index < -0.39 is 5.60 Å². The molecule has 3 rings (SSSR count). The van der Waals surface area contributed by atoms with E-state index in [0.717, 1.165) is 5.56 Å². The summed E-state index contributed by atoms with van der Waals surface area (Å²) in [5.74, 6) is -0.675.